The molecule has 0 aliphatic heterocycles. The quantitative estimate of drug-likeness (QED) is 0.141. The maximum absolute atomic E-state index is 13.2. The Morgan fingerprint density at radius 2 is 1.90 bits per heavy atom. The van der Waals surface area contributed by atoms with Crippen LogP contribution in [0.3, 0.4) is 0 Å². The highest BCUT2D eigenvalue weighted by Crippen LogP contribution is 2.30. The summed E-state index contributed by atoms with van der Waals surface area (Å²) in [6.07, 6.45) is 4.83. The molecule has 5 rings (SSSR count). The summed E-state index contributed by atoms with van der Waals surface area (Å²) in [5.74, 6) is -1.18. The number of carbonyl (C=O) groups excluding carboxylic acids is 1. The number of rotatable bonds is 9. The lowest BCUT2D eigenvalue weighted by Gasteiger charge is -2.16. The number of anilines is 1. The smallest absolute Gasteiger partial charge is 0.337 e. The van der Waals surface area contributed by atoms with Crippen LogP contribution >= 0.6 is 23.2 Å². The normalized spacial score (nSPS) is 12.0. The molecule has 5 N–H and O–H groups in total. The molecular weight excluding hydrogens is 567 g/mol. The summed E-state index contributed by atoms with van der Waals surface area (Å²) in [6, 6.07) is 18.6. The van der Waals surface area contributed by atoms with Gasteiger partial charge in [0.25, 0.3) is 0 Å². The van der Waals surface area contributed by atoms with Crippen molar-refractivity contribution in [2.24, 2.45) is 0 Å². The minimum Gasteiger partial charge on any atom is -0.478 e. The number of nitrogens with zero attached hydrogens (tertiary/aromatic N) is 5. The number of aromatic nitrogens is 6. The molecule has 1 atom stereocenters. The predicted molar refractivity (Wildman–Crippen MR) is 155 cm³/mol. The molecule has 3 aromatic carbocycles. The van der Waals surface area contributed by atoms with Gasteiger partial charge in [-0.05, 0) is 58.8 Å². The Labute approximate surface area is 243 Å². The van der Waals surface area contributed by atoms with Gasteiger partial charge in [-0.3, -0.25) is 4.79 Å². The standard InChI is InChI=1S/C28H22Cl2N8O3/c29-19-8-10-23(38-15-32-36-37-38)17(13-19)7-11-24(39)33-22(12-16-4-2-1-3-5-16)27-34-25(26(30)35-27)18-6-9-21(31)20(14-18)28(40)41/h1-11,13-15,22H,12,31H2,(H,33,39)(H,34,35)(H,40,41)/b11-7+/t22-/m0/s1. The summed E-state index contributed by atoms with van der Waals surface area (Å²) in [5.41, 5.74) is 8.86. The maximum Gasteiger partial charge on any atom is 0.337 e. The number of carboxylic acid groups (broad SMARTS) is 1. The summed E-state index contributed by atoms with van der Waals surface area (Å²) < 4.78 is 1.46. The van der Waals surface area contributed by atoms with Crippen molar-refractivity contribution in [1.82, 2.24) is 35.5 Å². The first-order valence-corrected chi connectivity index (χ1v) is 13.0. The molecule has 0 aliphatic rings. The third kappa shape index (κ3) is 6.43. The highest BCUT2D eigenvalue weighted by molar-refractivity contribution is 6.32. The number of carboxylic acids is 1. The Hall–Kier alpha value is -5.00. The van der Waals surface area contributed by atoms with Gasteiger partial charge in [-0.1, -0.05) is 59.6 Å². The minimum absolute atomic E-state index is 0.0653. The third-order valence-electron chi connectivity index (χ3n) is 6.16. The topological polar surface area (TPSA) is 165 Å². The first kappa shape index (κ1) is 27.6. The number of amides is 1. The van der Waals surface area contributed by atoms with Gasteiger partial charge in [0.1, 0.15) is 23.0 Å². The number of hydrogen-bond donors (Lipinski definition) is 4. The summed E-state index contributed by atoms with van der Waals surface area (Å²) in [6.45, 7) is 0. The van der Waals surface area contributed by atoms with Gasteiger partial charge in [-0.25, -0.2) is 9.78 Å². The van der Waals surface area contributed by atoms with Crippen LogP contribution in [0.15, 0.2) is 79.1 Å². The zero-order valence-corrected chi connectivity index (χ0v) is 22.7. The molecule has 0 unspecified atom stereocenters. The van der Waals surface area contributed by atoms with Crippen LogP contribution in [0.25, 0.3) is 23.0 Å². The zero-order valence-electron chi connectivity index (χ0n) is 21.2. The molecule has 13 heteroatoms. The monoisotopic (exact) mass is 588 g/mol. The lowest BCUT2D eigenvalue weighted by Crippen LogP contribution is -2.29. The molecular formula is C28H22Cl2N8O3. The molecule has 2 heterocycles. The molecule has 0 saturated carbocycles. The third-order valence-corrected chi connectivity index (χ3v) is 6.67. The number of nitrogen functional groups attached to an aromatic ring is 1. The summed E-state index contributed by atoms with van der Waals surface area (Å²) >= 11 is 12.7. The van der Waals surface area contributed by atoms with Crippen molar-refractivity contribution in [3.63, 3.8) is 0 Å². The van der Waals surface area contributed by atoms with Crippen LogP contribution in [0.5, 0.6) is 0 Å². The SMILES string of the molecule is Nc1ccc(-c2nc([C@H](Cc3ccccc3)NC(=O)/C=C/c3cc(Cl)ccc3-n3cnnn3)[nH]c2Cl)cc1C(=O)O. The summed E-state index contributed by atoms with van der Waals surface area (Å²) in [4.78, 5) is 32.4. The highest BCUT2D eigenvalue weighted by atomic mass is 35.5. The van der Waals surface area contributed by atoms with Gasteiger partial charge in [0.15, 0.2) is 0 Å². The van der Waals surface area contributed by atoms with Crippen LogP contribution in [0, 0.1) is 0 Å². The van der Waals surface area contributed by atoms with Gasteiger partial charge in [-0.15, -0.1) is 5.10 Å². The molecule has 0 bridgehead atoms. The van der Waals surface area contributed by atoms with E-state index < -0.39 is 17.9 Å². The molecule has 41 heavy (non-hydrogen) atoms. The van der Waals surface area contributed by atoms with Crippen molar-refractivity contribution >= 4 is 46.8 Å². The molecule has 0 aliphatic carbocycles. The fourth-order valence-corrected chi connectivity index (χ4v) is 4.63. The molecule has 5 aromatic rings. The fraction of sp³-hybridized carbons (Fsp3) is 0.0714. The van der Waals surface area contributed by atoms with Crippen molar-refractivity contribution in [3.8, 4) is 16.9 Å². The first-order chi connectivity index (χ1) is 19.8. The van der Waals surface area contributed by atoms with E-state index in [4.69, 9.17) is 28.9 Å². The number of tetrazole rings is 1. The molecule has 1 amide bonds. The number of halogens is 2. The average Bonchev–Trinajstić information content (AvgIpc) is 3.63. The van der Waals surface area contributed by atoms with Crippen molar-refractivity contribution in [1.29, 1.82) is 0 Å². The van der Waals surface area contributed by atoms with Crippen molar-refractivity contribution in [2.75, 3.05) is 5.73 Å². The van der Waals surface area contributed by atoms with E-state index in [1.54, 1.807) is 30.3 Å². The lowest BCUT2D eigenvalue weighted by atomic mass is 10.0. The first-order valence-electron chi connectivity index (χ1n) is 12.2. The highest BCUT2D eigenvalue weighted by Gasteiger charge is 2.22. The molecule has 11 nitrogen and oxygen atoms in total. The average molecular weight is 589 g/mol. The number of hydrogen-bond acceptors (Lipinski definition) is 7. The van der Waals surface area contributed by atoms with Crippen LogP contribution in [-0.4, -0.2) is 47.2 Å². The van der Waals surface area contributed by atoms with Gasteiger partial charge in [0, 0.05) is 27.9 Å². The van der Waals surface area contributed by atoms with Crippen LogP contribution in [0.4, 0.5) is 5.69 Å². The van der Waals surface area contributed by atoms with E-state index in [0.717, 1.165) is 5.56 Å². The van der Waals surface area contributed by atoms with Gasteiger partial charge < -0.3 is 21.1 Å². The van der Waals surface area contributed by atoms with Gasteiger partial charge in [0.05, 0.1) is 17.3 Å². The largest absolute Gasteiger partial charge is 0.478 e. The van der Waals surface area contributed by atoms with E-state index in [2.05, 4.69) is 30.8 Å². The number of benzene rings is 3. The number of aromatic amines is 1. The Kier molecular flexibility index (Phi) is 8.09. The van der Waals surface area contributed by atoms with Gasteiger partial charge >= 0.3 is 5.97 Å². The van der Waals surface area contributed by atoms with Crippen LogP contribution < -0.4 is 11.1 Å². The summed E-state index contributed by atoms with van der Waals surface area (Å²) in [7, 11) is 0. The minimum atomic E-state index is -1.17. The lowest BCUT2D eigenvalue weighted by molar-refractivity contribution is -0.117. The second-order valence-electron chi connectivity index (χ2n) is 8.93. The van der Waals surface area contributed by atoms with E-state index in [-0.39, 0.29) is 16.4 Å². The van der Waals surface area contributed by atoms with E-state index >= 15 is 0 Å². The van der Waals surface area contributed by atoms with Crippen LogP contribution in [-0.2, 0) is 11.2 Å². The number of carbonyl (C=O) groups is 2. The van der Waals surface area contributed by atoms with Crippen molar-refractivity contribution < 1.29 is 14.7 Å². The van der Waals surface area contributed by atoms with Crippen LogP contribution in [0.1, 0.15) is 33.4 Å². The number of aromatic carboxylic acids is 1. The Balaban J connectivity index is 1.44. The molecule has 0 spiro atoms. The van der Waals surface area contributed by atoms with Crippen molar-refractivity contribution in [3.05, 3.63) is 112 Å². The Morgan fingerprint density at radius 3 is 2.63 bits per heavy atom. The van der Waals surface area contributed by atoms with Crippen molar-refractivity contribution in [2.45, 2.75) is 12.5 Å². The van der Waals surface area contributed by atoms with Gasteiger partial charge in [0.2, 0.25) is 5.91 Å². The second kappa shape index (κ2) is 12.0. The summed E-state index contributed by atoms with van der Waals surface area (Å²) in [5, 5.41) is 24.3. The number of nitrogens with one attached hydrogen (secondary N) is 2. The fourth-order valence-electron chi connectivity index (χ4n) is 4.20. The zero-order chi connectivity index (χ0) is 28.9. The number of nitrogens with two attached hydrogens (primary N) is 1. The molecule has 2 aromatic heterocycles. The van der Waals surface area contributed by atoms with Crippen LogP contribution in [0.2, 0.25) is 10.2 Å². The predicted octanol–water partition coefficient (Wildman–Crippen LogP) is 4.75. The van der Waals surface area contributed by atoms with E-state index in [9.17, 15) is 14.7 Å². The van der Waals surface area contributed by atoms with E-state index in [0.29, 0.717) is 39.8 Å². The Morgan fingerprint density at radius 1 is 1.10 bits per heavy atom. The molecule has 206 valence electrons. The van der Waals surface area contributed by atoms with E-state index in [1.165, 1.54) is 29.2 Å². The maximum atomic E-state index is 13.2. The molecule has 0 fully saturated rings. The van der Waals surface area contributed by atoms with Gasteiger partial charge in [-0.2, -0.15) is 4.68 Å². The Bertz CT molecular complexity index is 1740. The number of H-pyrrole nitrogens is 1. The molecule has 0 saturated heterocycles. The molecule has 0 radical (unpaired) electrons. The van der Waals surface area contributed by atoms with E-state index in [1.807, 2.05) is 30.3 Å². The second-order valence-corrected chi connectivity index (χ2v) is 9.75. The number of imidazole rings is 1.